The zero-order valence-electron chi connectivity index (χ0n) is 15.5. The summed E-state index contributed by atoms with van der Waals surface area (Å²) >= 11 is 0. The predicted octanol–water partition coefficient (Wildman–Crippen LogP) is 6.47. The van der Waals surface area contributed by atoms with E-state index in [1.165, 1.54) is 12.8 Å². The molecule has 0 unspecified atom stereocenters. The van der Waals surface area contributed by atoms with Gasteiger partial charge in [-0.15, -0.1) is 0 Å². The van der Waals surface area contributed by atoms with E-state index in [1.54, 1.807) is 0 Å². The highest BCUT2D eigenvalue weighted by molar-refractivity contribution is 5.82. The maximum atomic E-state index is 5.91. The SMILES string of the molecule is c1ccc(COc2ccc(-c3noc(C4CC4)c3-c3ccccc3)cc2)cc1. The molecule has 3 nitrogen and oxygen atoms in total. The summed E-state index contributed by atoms with van der Waals surface area (Å²) in [6, 6.07) is 28.7. The number of benzene rings is 3. The molecule has 0 N–H and O–H groups in total. The van der Waals surface area contributed by atoms with Gasteiger partial charge in [0.15, 0.2) is 0 Å². The summed E-state index contributed by atoms with van der Waals surface area (Å²) < 4.78 is 11.7. The highest BCUT2D eigenvalue weighted by Gasteiger charge is 2.33. The average molecular weight is 367 g/mol. The van der Waals surface area contributed by atoms with E-state index in [4.69, 9.17) is 9.26 Å². The molecule has 5 rings (SSSR count). The van der Waals surface area contributed by atoms with Crippen molar-refractivity contribution in [2.75, 3.05) is 0 Å². The van der Waals surface area contributed by atoms with Gasteiger partial charge in [-0.05, 0) is 48.2 Å². The van der Waals surface area contributed by atoms with Gasteiger partial charge in [-0.3, -0.25) is 0 Å². The first kappa shape index (κ1) is 16.8. The Labute approximate surface area is 164 Å². The van der Waals surface area contributed by atoms with E-state index in [0.29, 0.717) is 12.5 Å². The molecule has 0 spiro atoms. The van der Waals surface area contributed by atoms with Crippen LogP contribution in [0.5, 0.6) is 5.75 Å². The quantitative estimate of drug-likeness (QED) is 0.392. The highest BCUT2D eigenvalue weighted by Crippen LogP contribution is 2.47. The predicted molar refractivity (Wildman–Crippen MR) is 110 cm³/mol. The fourth-order valence-corrected chi connectivity index (χ4v) is 3.46. The van der Waals surface area contributed by atoms with Crippen molar-refractivity contribution >= 4 is 0 Å². The summed E-state index contributed by atoms with van der Waals surface area (Å²) in [6.45, 7) is 0.561. The fraction of sp³-hybridized carbons (Fsp3) is 0.160. The van der Waals surface area contributed by atoms with E-state index in [2.05, 4.69) is 53.7 Å². The van der Waals surface area contributed by atoms with Crippen LogP contribution in [0.3, 0.4) is 0 Å². The third kappa shape index (κ3) is 3.44. The molecule has 0 aliphatic heterocycles. The molecule has 1 aliphatic carbocycles. The molecule has 0 bridgehead atoms. The second-order valence-electron chi connectivity index (χ2n) is 7.21. The van der Waals surface area contributed by atoms with Crippen molar-refractivity contribution in [2.45, 2.75) is 25.4 Å². The zero-order valence-corrected chi connectivity index (χ0v) is 15.5. The van der Waals surface area contributed by atoms with E-state index < -0.39 is 0 Å². The van der Waals surface area contributed by atoms with Crippen molar-refractivity contribution in [1.29, 1.82) is 0 Å². The molecule has 3 aromatic carbocycles. The van der Waals surface area contributed by atoms with Crippen LogP contribution in [0.2, 0.25) is 0 Å². The Hall–Kier alpha value is -3.33. The molecular formula is C25H21NO2. The van der Waals surface area contributed by atoms with Crippen LogP contribution in [0.1, 0.15) is 30.1 Å². The van der Waals surface area contributed by atoms with Crippen LogP contribution >= 0.6 is 0 Å². The first-order valence-corrected chi connectivity index (χ1v) is 9.70. The lowest BCUT2D eigenvalue weighted by molar-refractivity contribution is 0.306. The maximum absolute atomic E-state index is 5.91. The Balaban J connectivity index is 1.42. The van der Waals surface area contributed by atoms with Crippen LogP contribution in [-0.4, -0.2) is 5.16 Å². The third-order valence-electron chi connectivity index (χ3n) is 5.11. The third-order valence-corrected chi connectivity index (χ3v) is 5.11. The summed E-state index contributed by atoms with van der Waals surface area (Å²) in [5, 5.41) is 4.43. The number of hydrogen-bond acceptors (Lipinski definition) is 3. The summed E-state index contributed by atoms with van der Waals surface area (Å²) in [4.78, 5) is 0. The minimum atomic E-state index is 0.505. The van der Waals surface area contributed by atoms with E-state index >= 15 is 0 Å². The summed E-state index contributed by atoms with van der Waals surface area (Å²) in [5.74, 6) is 2.37. The normalized spacial score (nSPS) is 13.4. The van der Waals surface area contributed by atoms with Crippen molar-refractivity contribution < 1.29 is 9.26 Å². The molecule has 28 heavy (non-hydrogen) atoms. The molecular weight excluding hydrogens is 346 g/mol. The molecule has 1 aromatic heterocycles. The largest absolute Gasteiger partial charge is 0.489 e. The van der Waals surface area contributed by atoms with Crippen molar-refractivity contribution in [3.05, 3.63) is 96.3 Å². The molecule has 1 fully saturated rings. The standard InChI is InChI=1S/C25H21NO2/c1-3-7-18(8-4-1)17-27-22-15-13-20(14-16-22)24-23(19-9-5-2-6-10-19)25(28-26-24)21-11-12-21/h1-10,13-16,21H,11-12,17H2. The van der Waals surface area contributed by atoms with Crippen molar-refractivity contribution in [2.24, 2.45) is 0 Å². The number of ether oxygens (including phenoxy) is 1. The van der Waals surface area contributed by atoms with Crippen LogP contribution in [0.25, 0.3) is 22.4 Å². The second-order valence-corrected chi connectivity index (χ2v) is 7.21. The van der Waals surface area contributed by atoms with E-state index in [-0.39, 0.29) is 0 Å². The highest BCUT2D eigenvalue weighted by atomic mass is 16.5. The molecule has 0 radical (unpaired) electrons. The minimum Gasteiger partial charge on any atom is -0.489 e. The van der Waals surface area contributed by atoms with Gasteiger partial charge in [0.1, 0.15) is 23.8 Å². The molecule has 0 saturated heterocycles. The number of aromatic nitrogens is 1. The maximum Gasteiger partial charge on any atom is 0.148 e. The molecule has 0 amide bonds. The van der Waals surface area contributed by atoms with Crippen LogP contribution in [0.4, 0.5) is 0 Å². The lowest BCUT2D eigenvalue weighted by Gasteiger charge is -2.08. The van der Waals surface area contributed by atoms with Gasteiger partial charge in [-0.25, -0.2) is 0 Å². The fourth-order valence-electron chi connectivity index (χ4n) is 3.46. The molecule has 1 saturated carbocycles. The van der Waals surface area contributed by atoms with Crippen LogP contribution in [-0.2, 0) is 6.61 Å². The monoisotopic (exact) mass is 367 g/mol. The number of rotatable bonds is 6. The van der Waals surface area contributed by atoms with E-state index in [0.717, 1.165) is 39.5 Å². The Morgan fingerprint density at radius 2 is 1.46 bits per heavy atom. The smallest absolute Gasteiger partial charge is 0.148 e. The first-order chi connectivity index (χ1) is 13.9. The molecule has 1 heterocycles. The van der Waals surface area contributed by atoms with Gasteiger partial charge < -0.3 is 9.26 Å². The van der Waals surface area contributed by atoms with Gasteiger partial charge in [0.2, 0.25) is 0 Å². The molecule has 138 valence electrons. The Bertz CT molecular complexity index is 1050. The molecule has 3 heteroatoms. The van der Waals surface area contributed by atoms with Gasteiger partial charge in [0, 0.05) is 11.5 Å². The Kier molecular flexibility index (Phi) is 4.42. The topological polar surface area (TPSA) is 35.3 Å². The van der Waals surface area contributed by atoms with E-state index in [9.17, 15) is 0 Å². The van der Waals surface area contributed by atoms with Gasteiger partial charge in [0.25, 0.3) is 0 Å². The van der Waals surface area contributed by atoms with Gasteiger partial charge >= 0.3 is 0 Å². The second kappa shape index (κ2) is 7.35. The van der Waals surface area contributed by atoms with Crippen molar-refractivity contribution in [3.8, 4) is 28.1 Å². The minimum absolute atomic E-state index is 0.505. The van der Waals surface area contributed by atoms with Gasteiger partial charge in [-0.2, -0.15) is 0 Å². The van der Waals surface area contributed by atoms with Crippen LogP contribution in [0, 0.1) is 0 Å². The lowest BCUT2D eigenvalue weighted by atomic mass is 9.97. The zero-order chi connectivity index (χ0) is 18.8. The Morgan fingerprint density at radius 1 is 0.786 bits per heavy atom. The van der Waals surface area contributed by atoms with Crippen molar-refractivity contribution in [1.82, 2.24) is 5.16 Å². The average Bonchev–Trinajstić information content (AvgIpc) is 3.52. The van der Waals surface area contributed by atoms with Crippen LogP contribution in [0.15, 0.2) is 89.5 Å². The first-order valence-electron chi connectivity index (χ1n) is 9.70. The summed E-state index contributed by atoms with van der Waals surface area (Å²) in [6.07, 6.45) is 2.36. The van der Waals surface area contributed by atoms with E-state index in [1.807, 2.05) is 36.4 Å². The number of nitrogens with zero attached hydrogens (tertiary/aromatic N) is 1. The molecule has 1 aliphatic rings. The van der Waals surface area contributed by atoms with Crippen LogP contribution < -0.4 is 4.74 Å². The molecule has 4 aromatic rings. The Morgan fingerprint density at radius 3 is 2.14 bits per heavy atom. The number of hydrogen-bond donors (Lipinski definition) is 0. The summed E-state index contributed by atoms with van der Waals surface area (Å²) in [7, 11) is 0. The molecule has 0 atom stereocenters. The lowest BCUT2D eigenvalue weighted by Crippen LogP contribution is -1.94. The summed E-state index contributed by atoms with van der Waals surface area (Å²) in [5.41, 5.74) is 5.39. The van der Waals surface area contributed by atoms with Gasteiger partial charge in [0.05, 0.1) is 5.56 Å². The van der Waals surface area contributed by atoms with Gasteiger partial charge in [-0.1, -0.05) is 65.8 Å². The van der Waals surface area contributed by atoms with Crippen molar-refractivity contribution in [3.63, 3.8) is 0 Å².